The predicted octanol–water partition coefficient (Wildman–Crippen LogP) is 2.28. The molecule has 0 spiro atoms. The number of pyridine rings is 1. The fraction of sp³-hybridized carbons (Fsp3) is 0.158. The van der Waals surface area contributed by atoms with Gasteiger partial charge in [0, 0.05) is 42.5 Å². The summed E-state index contributed by atoms with van der Waals surface area (Å²) in [5.41, 5.74) is 2.70. The monoisotopic (exact) mass is 348 g/mol. The molecule has 1 aromatic carbocycles. The highest BCUT2D eigenvalue weighted by Crippen LogP contribution is 2.37. The lowest BCUT2D eigenvalue weighted by Crippen LogP contribution is -2.33. The molecule has 0 saturated carbocycles. The summed E-state index contributed by atoms with van der Waals surface area (Å²) < 4.78 is 5.69. The van der Waals surface area contributed by atoms with Crippen molar-refractivity contribution in [1.29, 1.82) is 0 Å². The van der Waals surface area contributed by atoms with Crippen LogP contribution in [0.4, 0.5) is 0 Å². The average Bonchev–Trinajstić information content (AvgIpc) is 2.91. The number of carbonyl (C=O) groups is 1. The minimum atomic E-state index is -0.221. The van der Waals surface area contributed by atoms with Gasteiger partial charge in [0.2, 0.25) is 0 Å². The van der Waals surface area contributed by atoms with Crippen LogP contribution in [0.5, 0.6) is 11.5 Å². The fourth-order valence-corrected chi connectivity index (χ4v) is 2.94. The molecule has 3 aromatic rings. The topological polar surface area (TPSA) is 88.4 Å². The van der Waals surface area contributed by atoms with Gasteiger partial charge in [-0.3, -0.25) is 14.8 Å². The van der Waals surface area contributed by atoms with Crippen molar-refractivity contribution in [2.45, 2.75) is 6.54 Å². The Morgan fingerprint density at radius 1 is 1.12 bits per heavy atom. The third-order valence-corrected chi connectivity index (χ3v) is 4.18. The minimum absolute atomic E-state index is 0.0511. The number of carbonyl (C=O) groups excluding carboxylic acids is 1. The molecule has 7 heteroatoms. The predicted molar refractivity (Wildman–Crippen MR) is 93.6 cm³/mol. The maximum Gasteiger partial charge on any atom is 0.274 e. The average molecular weight is 348 g/mol. The van der Waals surface area contributed by atoms with Crippen LogP contribution in [0, 0.1) is 0 Å². The number of amides is 1. The number of ether oxygens (including phenoxy) is 1. The summed E-state index contributed by atoms with van der Waals surface area (Å²) in [6.07, 6.45) is 7.87. The van der Waals surface area contributed by atoms with E-state index in [1.165, 1.54) is 18.6 Å². The molecule has 1 N–H and O–H groups in total. The molecule has 26 heavy (non-hydrogen) atoms. The van der Waals surface area contributed by atoms with E-state index in [1.54, 1.807) is 23.4 Å². The Bertz CT molecular complexity index is 932. The molecule has 130 valence electrons. The largest absolute Gasteiger partial charge is 0.504 e. The lowest BCUT2D eigenvalue weighted by molar-refractivity contribution is 0.0726. The van der Waals surface area contributed by atoms with E-state index in [0.717, 1.165) is 16.7 Å². The Labute approximate surface area is 149 Å². The summed E-state index contributed by atoms with van der Waals surface area (Å²) in [5, 5.41) is 10.4. The molecular weight excluding hydrogens is 332 g/mol. The summed E-state index contributed by atoms with van der Waals surface area (Å²) in [4.78, 5) is 26.5. The molecule has 2 aromatic heterocycles. The first-order chi connectivity index (χ1) is 12.7. The molecule has 0 saturated heterocycles. The van der Waals surface area contributed by atoms with E-state index in [-0.39, 0.29) is 17.4 Å². The van der Waals surface area contributed by atoms with Gasteiger partial charge in [-0.1, -0.05) is 6.07 Å². The van der Waals surface area contributed by atoms with Gasteiger partial charge in [-0.2, -0.15) is 0 Å². The van der Waals surface area contributed by atoms with Crippen LogP contribution >= 0.6 is 0 Å². The number of hydrogen-bond acceptors (Lipinski definition) is 6. The van der Waals surface area contributed by atoms with Crippen molar-refractivity contribution < 1.29 is 14.6 Å². The Hall–Kier alpha value is -3.48. The van der Waals surface area contributed by atoms with Gasteiger partial charge in [0.25, 0.3) is 5.91 Å². The molecule has 1 aliphatic rings. The van der Waals surface area contributed by atoms with Gasteiger partial charge >= 0.3 is 0 Å². The van der Waals surface area contributed by atoms with Gasteiger partial charge in [0.15, 0.2) is 11.5 Å². The zero-order valence-corrected chi connectivity index (χ0v) is 13.9. The Kier molecular flexibility index (Phi) is 4.18. The van der Waals surface area contributed by atoms with Crippen molar-refractivity contribution in [3.63, 3.8) is 0 Å². The van der Waals surface area contributed by atoms with Crippen molar-refractivity contribution in [1.82, 2.24) is 19.9 Å². The van der Waals surface area contributed by atoms with Crippen LogP contribution in [0.25, 0.3) is 11.1 Å². The van der Waals surface area contributed by atoms with E-state index >= 15 is 0 Å². The second kappa shape index (κ2) is 6.79. The van der Waals surface area contributed by atoms with Crippen LogP contribution < -0.4 is 4.74 Å². The summed E-state index contributed by atoms with van der Waals surface area (Å²) >= 11 is 0. The van der Waals surface area contributed by atoms with Crippen molar-refractivity contribution in [3.05, 3.63) is 66.5 Å². The van der Waals surface area contributed by atoms with Gasteiger partial charge < -0.3 is 14.7 Å². The van der Waals surface area contributed by atoms with Gasteiger partial charge in [-0.05, 0) is 23.8 Å². The second-order valence-corrected chi connectivity index (χ2v) is 5.89. The maximum absolute atomic E-state index is 12.7. The van der Waals surface area contributed by atoms with Crippen LogP contribution in [-0.2, 0) is 6.54 Å². The quantitative estimate of drug-likeness (QED) is 0.764. The van der Waals surface area contributed by atoms with E-state index in [9.17, 15) is 9.90 Å². The molecule has 7 nitrogen and oxygen atoms in total. The first-order valence-corrected chi connectivity index (χ1v) is 8.17. The summed E-state index contributed by atoms with van der Waals surface area (Å²) in [7, 11) is 0. The van der Waals surface area contributed by atoms with Crippen LogP contribution in [0.3, 0.4) is 0 Å². The highest BCUT2D eigenvalue weighted by atomic mass is 16.5. The Morgan fingerprint density at radius 3 is 2.77 bits per heavy atom. The van der Waals surface area contributed by atoms with Gasteiger partial charge in [-0.15, -0.1) is 0 Å². The number of benzene rings is 1. The number of fused-ring (bicyclic) bond motifs is 1. The van der Waals surface area contributed by atoms with Crippen LogP contribution in [0.2, 0.25) is 0 Å². The van der Waals surface area contributed by atoms with E-state index in [2.05, 4.69) is 15.0 Å². The van der Waals surface area contributed by atoms with Gasteiger partial charge in [-0.25, -0.2) is 4.98 Å². The molecule has 0 fully saturated rings. The van der Waals surface area contributed by atoms with E-state index in [1.807, 2.05) is 18.2 Å². The van der Waals surface area contributed by atoms with E-state index in [4.69, 9.17) is 4.74 Å². The van der Waals surface area contributed by atoms with Gasteiger partial charge in [0.1, 0.15) is 12.3 Å². The Balaban J connectivity index is 1.69. The van der Waals surface area contributed by atoms with Crippen molar-refractivity contribution in [2.75, 3.05) is 13.2 Å². The van der Waals surface area contributed by atoms with E-state index in [0.29, 0.717) is 25.4 Å². The zero-order valence-electron chi connectivity index (χ0n) is 13.9. The SMILES string of the molecule is O=C(c1cnccn1)N1CCOc2c(O)cc(-c3cccnc3)cc2C1. The summed E-state index contributed by atoms with van der Waals surface area (Å²) in [6, 6.07) is 7.30. The van der Waals surface area contributed by atoms with Crippen LogP contribution in [0.1, 0.15) is 16.1 Å². The number of nitrogens with zero attached hydrogens (tertiary/aromatic N) is 4. The first kappa shape index (κ1) is 16.0. The fourth-order valence-electron chi connectivity index (χ4n) is 2.94. The van der Waals surface area contributed by atoms with Gasteiger partial charge in [0.05, 0.1) is 12.7 Å². The lowest BCUT2D eigenvalue weighted by atomic mass is 10.0. The standard InChI is InChI=1S/C19H16N4O3/c24-17-9-14(13-2-1-3-20-10-13)8-15-12-23(6-7-26-18(15)17)19(25)16-11-21-4-5-22-16/h1-5,8-11,24H,6-7,12H2. The maximum atomic E-state index is 12.7. The second-order valence-electron chi connectivity index (χ2n) is 5.89. The third-order valence-electron chi connectivity index (χ3n) is 4.18. The summed E-state index contributed by atoms with van der Waals surface area (Å²) in [6.45, 7) is 0.997. The number of aromatic nitrogens is 3. The molecule has 0 bridgehead atoms. The molecule has 1 aliphatic heterocycles. The third kappa shape index (κ3) is 3.06. The number of phenolic OH excluding ortho intramolecular Hbond substituents is 1. The molecule has 0 unspecified atom stereocenters. The smallest absolute Gasteiger partial charge is 0.274 e. The molecule has 0 aliphatic carbocycles. The van der Waals surface area contributed by atoms with Crippen molar-refractivity contribution in [3.8, 4) is 22.6 Å². The lowest BCUT2D eigenvalue weighted by Gasteiger charge is -2.19. The molecule has 3 heterocycles. The zero-order chi connectivity index (χ0) is 17.9. The number of aromatic hydroxyl groups is 1. The number of hydrogen-bond donors (Lipinski definition) is 1. The number of phenols is 1. The van der Waals surface area contributed by atoms with Crippen LogP contribution in [-0.4, -0.2) is 44.0 Å². The Morgan fingerprint density at radius 2 is 2.00 bits per heavy atom. The van der Waals surface area contributed by atoms with E-state index < -0.39 is 0 Å². The summed E-state index contributed by atoms with van der Waals surface area (Å²) in [5.74, 6) is 0.239. The molecule has 1 amide bonds. The molecule has 4 rings (SSSR count). The molecule has 0 radical (unpaired) electrons. The normalized spacial score (nSPS) is 13.5. The molecule has 0 atom stereocenters. The van der Waals surface area contributed by atoms with Crippen molar-refractivity contribution >= 4 is 5.91 Å². The van der Waals surface area contributed by atoms with Crippen molar-refractivity contribution in [2.24, 2.45) is 0 Å². The minimum Gasteiger partial charge on any atom is -0.504 e. The highest BCUT2D eigenvalue weighted by Gasteiger charge is 2.24. The number of rotatable bonds is 2. The van der Waals surface area contributed by atoms with Crippen LogP contribution in [0.15, 0.2) is 55.2 Å². The molecular formula is C19H16N4O3. The highest BCUT2D eigenvalue weighted by molar-refractivity contribution is 5.92. The first-order valence-electron chi connectivity index (χ1n) is 8.17.